The molecular formula is C23H34F2. The van der Waals surface area contributed by atoms with Gasteiger partial charge in [0, 0.05) is 0 Å². The molecule has 0 heterocycles. The van der Waals surface area contributed by atoms with Crippen molar-refractivity contribution in [2.45, 2.75) is 89.9 Å². The first-order chi connectivity index (χ1) is 12.2. The Labute approximate surface area is 152 Å². The Bertz CT molecular complexity index is 523. The van der Waals surface area contributed by atoms with Crippen molar-refractivity contribution in [3.8, 4) is 0 Å². The van der Waals surface area contributed by atoms with Crippen LogP contribution >= 0.6 is 0 Å². The van der Waals surface area contributed by atoms with Crippen LogP contribution in [0.3, 0.4) is 0 Å². The first-order valence-corrected chi connectivity index (χ1v) is 10.6. The van der Waals surface area contributed by atoms with Crippen LogP contribution in [0.25, 0.3) is 0 Å². The summed E-state index contributed by atoms with van der Waals surface area (Å²) in [4.78, 5) is 0. The average molecular weight is 349 g/mol. The lowest BCUT2D eigenvalue weighted by Crippen LogP contribution is -2.25. The maximum Gasteiger partial charge on any atom is 0.159 e. The topological polar surface area (TPSA) is 0 Å². The fraction of sp³-hybridized carbons (Fsp3) is 0.739. The van der Waals surface area contributed by atoms with Gasteiger partial charge in [-0.1, -0.05) is 51.5 Å². The quantitative estimate of drug-likeness (QED) is 0.464. The Morgan fingerprint density at radius 2 is 1.44 bits per heavy atom. The maximum absolute atomic E-state index is 13.5. The highest BCUT2D eigenvalue weighted by Crippen LogP contribution is 2.44. The van der Waals surface area contributed by atoms with Crippen LogP contribution in [0, 0.1) is 29.4 Å². The van der Waals surface area contributed by atoms with E-state index >= 15 is 0 Å². The van der Waals surface area contributed by atoms with Crippen LogP contribution in [0.4, 0.5) is 8.78 Å². The highest BCUT2D eigenvalue weighted by Gasteiger charge is 2.31. The molecule has 0 unspecified atom stereocenters. The minimum atomic E-state index is -0.729. The van der Waals surface area contributed by atoms with E-state index in [4.69, 9.17) is 0 Å². The van der Waals surface area contributed by atoms with Gasteiger partial charge in [-0.05, 0) is 79.9 Å². The van der Waals surface area contributed by atoms with Crippen molar-refractivity contribution >= 4 is 0 Å². The molecule has 1 aromatic carbocycles. The molecule has 0 amide bonds. The van der Waals surface area contributed by atoms with E-state index in [1.807, 2.05) is 0 Å². The normalized spacial score (nSPS) is 30.4. The van der Waals surface area contributed by atoms with E-state index in [1.165, 1.54) is 76.3 Å². The number of benzene rings is 1. The van der Waals surface area contributed by atoms with Crippen LogP contribution in [0.15, 0.2) is 18.2 Å². The molecule has 0 aliphatic heterocycles. The molecule has 0 radical (unpaired) electrons. The van der Waals surface area contributed by atoms with Gasteiger partial charge in [0.1, 0.15) is 0 Å². The van der Waals surface area contributed by atoms with Crippen LogP contribution in [0.5, 0.6) is 0 Å². The van der Waals surface area contributed by atoms with Gasteiger partial charge in [0.05, 0.1) is 0 Å². The Kier molecular flexibility index (Phi) is 6.90. The Morgan fingerprint density at radius 1 is 0.800 bits per heavy atom. The van der Waals surface area contributed by atoms with Crippen molar-refractivity contribution in [3.63, 3.8) is 0 Å². The zero-order valence-electron chi connectivity index (χ0n) is 15.8. The highest BCUT2D eigenvalue weighted by molar-refractivity contribution is 5.22. The molecule has 2 heteroatoms. The van der Waals surface area contributed by atoms with Crippen molar-refractivity contribution in [1.82, 2.24) is 0 Å². The van der Waals surface area contributed by atoms with Gasteiger partial charge in [-0.3, -0.25) is 0 Å². The lowest BCUT2D eigenvalue weighted by atomic mass is 9.68. The predicted octanol–water partition coefficient (Wildman–Crippen LogP) is 7.63. The summed E-state index contributed by atoms with van der Waals surface area (Å²) < 4.78 is 26.6. The lowest BCUT2D eigenvalue weighted by molar-refractivity contribution is 0.155. The first kappa shape index (κ1) is 18.9. The van der Waals surface area contributed by atoms with Crippen molar-refractivity contribution in [3.05, 3.63) is 35.4 Å². The summed E-state index contributed by atoms with van der Waals surface area (Å²) in [6, 6.07) is 4.49. The average Bonchev–Trinajstić information content (AvgIpc) is 2.65. The molecule has 2 aliphatic rings. The third-order valence-corrected chi connectivity index (χ3v) is 6.96. The SMILES string of the molecule is CCCCCC1CCC([C@H]2CC[C@H](c3ccc(F)c(F)c3)CC2)CC1. The van der Waals surface area contributed by atoms with Gasteiger partial charge in [-0.15, -0.1) is 0 Å². The zero-order chi connectivity index (χ0) is 17.6. The van der Waals surface area contributed by atoms with Gasteiger partial charge >= 0.3 is 0 Å². The standard InChI is InChI=1S/C23H34F2/c1-2-3-4-5-17-6-8-18(9-7-17)19-10-12-20(13-11-19)21-14-15-22(24)23(25)16-21/h14-20H,2-13H2,1H3/t17?,18?,19-,20-. The molecule has 0 bridgehead atoms. The molecule has 140 valence electrons. The van der Waals surface area contributed by atoms with Crippen molar-refractivity contribution in [1.29, 1.82) is 0 Å². The molecule has 0 saturated heterocycles. The Morgan fingerprint density at radius 3 is 2.04 bits per heavy atom. The summed E-state index contributed by atoms with van der Waals surface area (Å²) in [5, 5.41) is 0. The molecule has 2 aliphatic carbocycles. The van der Waals surface area contributed by atoms with E-state index in [-0.39, 0.29) is 0 Å². The molecule has 0 N–H and O–H groups in total. The molecular weight excluding hydrogens is 314 g/mol. The summed E-state index contributed by atoms with van der Waals surface area (Å²) in [5.74, 6) is 1.79. The molecule has 2 fully saturated rings. The van der Waals surface area contributed by atoms with Gasteiger partial charge in [-0.2, -0.15) is 0 Å². The van der Waals surface area contributed by atoms with E-state index in [9.17, 15) is 8.78 Å². The number of unbranched alkanes of at least 4 members (excludes halogenated alkanes) is 2. The van der Waals surface area contributed by atoms with Gasteiger partial charge < -0.3 is 0 Å². The van der Waals surface area contributed by atoms with Gasteiger partial charge in [0.25, 0.3) is 0 Å². The fourth-order valence-corrected chi connectivity index (χ4v) is 5.32. The second-order valence-corrected chi connectivity index (χ2v) is 8.56. The minimum Gasteiger partial charge on any atom is -0.204 e. The third kappa shape index (κ3) is 5.05. The third-order valence-electron chi connectivity index (χ3n) is 6.96. The van der Waals surface area contributed by atoms with Crippen LogP contribution in [0.1, 0.15) is 95.5 Å². The number of hydrogen-bond acceptors (Lipinski definition) is 0. The molecule has 0 atom stereocenters. The molecule has 2 saturated carbocycles. The summed E-state index contributed by atoms with van der Waals surface area (Å²) >= 11 is 0. The first-order valence-electron chi connectivity index (χ1n) is 10.6. The molecule has 0 nitrogen and oxygen atoms in total. The molecule has 25 heavy (non-hydrogen) atoms. The van der Waals surface area contributed by atoms with Crippen LogP contribution < -0.4 is 0 Å². The van der Waals surface area contributed by atoms with Crippen molar-refractivity contribution in [2.75, 3.05) is 0 Å². The number of hydrogen-bond donors (Lipinski definition) is 0. The van der Waals surface area contributed by atoms with E-state index in [1.54, 1.807) is 6.07 Å². The number of halogens is 2. The van der Waals surface area contributed by atoms with E-state index in [0.29, 0.717) is 5.92 Å². The molecule has 1 aromatic rings. The van der Waals surface area contributed by atoms with Crippen LogP contribution in [0.2, 0.25) is 0 Å². The fourth-order valence-electron chi connectivity index (χ4n) is 5.32. The largest absolute Gasteiger partial charge is 0.204 e. The highest BCUT2D eigenvalue weighted by atomic mass is 19.2. The number of rotatable bonds is 6. The second-order valence-electron chi connectivity index (χ2n) is 8.56. The van der Waals surface area contributed by atoms with Gasteiger partial charge in [0.15, 0.2) is 11.6 Å². The minimum absolute atomic E-state index is 0.428. The monoisotopic (exact) mass is 348 g/mol. The predicted molar refractivity (Wildman–Crippen MR) is 101 cm³/mol. The van der Waals surface area contributed by atoms with Gasteiger partial charge in [0.2, 0.25) is 0 Å². The maximum atomic E-state index is 13.5. The molecule has 3 rings (SSSR count). The molecule has 0 spiro atoms. The van der Waals surface area contributed by atoms with E-state index in [2.05, 4.69) is 6.92 Å². The smallest absolute Gasteiger partial charge is 0.159 e. The van der Waals surface area contributed by atoms with Crippen molar-refractivity contribution in [2.24, 2.45) is 17.8 Å². The van der Waals surface area contributed by atoms with Crippen LogP contribution in [-0.2, 0) is 0 Å². The van der Waals surface area contributed by atoms with Gasteiger partial charge in [-0.25, -0.2) is 8.78 Å². The summed E-state index contributed by atoms with van der Waals surface area (Å²) in [6.07, 6.45) is 16.2. The Hall–Kier alpha value is -0.920. The van der Waals surface area contributed by atoms with Crippen molar-refractivity contribution < 1.29 is 8.78 Å². The summed E-state index contributed by atoms with van der Waals surface area (Å²) in [7, 11) is 0. The van der Waals surface area contributed by atoms with Crippen LogP contribution in [-0.4, -0.2) is 0 Å². The van der Waals surface area contributed by atoms with E-state index in [0.717, 1.165) is 36.2 Å². The van der Waals surface area contributed by atoms with E-state index < -0.39 is 11.6 Å². The molecule has 0 aromatic heterocycles. The Balaban J connectivity index is 1.43. The summed E-state index contributed by atoms with van der Waals surface area (Å²) in [6.45, 7) is 2.29. The second kappa shape index (κ2) is 9.14. The zero-order valence-corrected chi connectivity index (χ0v) is 15.8. The lowest BCUT2D eigenvalue weighted by Gasteiger charge is -2.38. The summed E-state index contributed by atoms with van der Waals surface area (Å²) in [5.41, 5.74) is 0.997.